The van der Waals surface area contributed by atoms with E-state index in [1.54, 1.807) is 32.0 Å². The molecule has 3 rings (SSSR count). The van der Waals surface area contributed by atoms with E-state index in [0.29, 0.717) is 11.4 Å². The van der Waals surface area contributed by atoms with Gasteiger partial charge in [-0.25, -0.2) is 13.8 Å². The molecule has 1 atom stereocenters. The summed E-state index contributed by atoms with van der Waals surface area (Å²) in [5.41, 5.74) is 0.162. The SMILES string of the molecule is CC(C)NC(=O)C(c1ccc(F)cc1)N(C(=O)CCC(=O)Nc1ccccn1)c1ccccc1F. The van der Waals surface area contributed by atoms with Crippen molar-refractivity contribution in [1.82, 2.24) is 10.3 Å². The zero-order valence-corrected chi connectivity index (χ0v) is 19.4. The average Bonchev–Trinajstić information content (AvgIpc) is 2.82. The highest BCUT2D eigenvalue weighted by Crippen LogP contribution is 2.31. The van der Waals surface area contributed by atoms with Crippen LogP contribution in [0.1, 0.15) is 38.3 Å². The van der Waals surface area contributed by atoms with E-state index >= 15 is 0 Å². The zero-order valence-electron chi connectivity index (χ0n) is 19.4. The Morgan fingerprint density at radius 1 is 0.914 bits per heavy atom. The van der Waals surface area contributed by atoms with Crippen LogP contribution in [0.5, 0.6) is 0 Å². The van der Waals surface area contributed by atoms with Crippen molar-refractivity contribution in [1.29, 1.82) is 0 Å². The van der Waals surface area contributed by atoms with Crippen molar-refractivity contribution >= 4 is 29.2 Å². The van der Waals surface area contributed by atoms with Gasteiger partial charge in [-0.2, -0.15) is 0 Å². The van der Waals surface area contributed by atoms with Crippen molar-refractivity contribution in [2.45, 2.75) is 38.8 Å². The predicted octanol–water partition coefficient (Wildman–Crippen LogP) is 4.38. The third kappa shape index (κ3) is 6.92. The first kappa shape index (κ1) is 25.5. The first-order valence-corrected chi connectivity index (χ1v) is 11.1. The second-order valence-electron chi connectivity index (χ2n) is 8.10. The van der Waals surface area contributed by atoms with Gasteiger partial charge in [-0.1, -0.05) is 30.3 Å². The van der Waals surface area contributed by atoms with Gasteiger partial charge in [-0.15, -0.1) is 0 Å². The molecule has 1 heterocycles. The minimum atomic E-state index is -1.29. The third-order valence-electron chi connectivity index (χ3n) is 5.00. The van der Waals surface area contributed by atoms with Gasteiger partial charge in [0, 0.05) is 25.1 Å². The van der Waals surface area contributed by atoms with E-state index in [1.165, 1.54) is 42.6 Å². The molecule has 0 saturated heterocycles. The number of aromatic nitrogens is 1. The number of hydrogen-bond acceptors (Lipinski definition) is 4. The van der Waals surface area contributed by atoms with E-state index in [1.807, 2.05) is 0 Å². The number of nitrogens with one attached hydrogen (secondary N) is 2. The van der Waals surface area contributed by atoms with Gasteiger partial charge in [0.1, 0.15) is 23.5 Å². The fourth-order valence-corrected chi connectivity index (χ4v) is 3.47. The van der Waals surface area contributed by atoms with Crippen LogP contribution in [0.4, 0.5) is 20.3 Å². The highest BCUT2D eigenvalue weighted by molar-refractivity contribution is 6.03. The predicted molar refractivity (Wildman–Crippen MR) is 128 cm³/mol. The molecule has 1 unspecified atom stereocenters. The van der Waals surface area contributed by atoms with E-state index in [-0.39, 0.29) is 24.6 Å². The third-order valence-corrected chi connectivity index (χ3v) is 5.00. The molecule has 0 saturated carbocycles. The normalized spacial score (nSPS) is 11.6. The minimum Gasteiger partial charge on any atom is -0.352 e. The van der Waals surface area contributed by atoms with Crippen LogP contribution < -0.4 is 15.5 Å². The molecule has 35 heavy (non-hydrogen) atoms. The van der Waals surface area contributed by atoms with E-state index in [0.717, 1.165) is 17.0 Å². The fourth-order valence-electron chi connectivity index (χ4n) is 3.47. The number of anilines is 2. The maximum Gasteiger partial charge on any atom is 0.248 e. The molecule has 3 amide bonds. The second-order valence-corrected chi connectivity index (χ2v) is 8.10. The van der Waals surface area contributed by atoms with Crippen LogP contribution in [-0.2, 0) is 14.4 Å². The Bertz CT molecular complexity index is 1170. The van der Waals surface area contributed by atoms with Gasteiger partial charge in [-0.3, -0.25) is 19.3 Å². The number of amides is 3. The monoisotopic (exact) mass is 480 g/mol. The quantitative estimate of drug-likeness (QED) is 0.476. The molecule has 182 valence electrons. The van der Waals surface area contributed by atoms with Gasteiger partial charge in [0.05, 0.1) is 5.69 Å². The topological polar surface area (TPSA) is 91.4 Å². The van der Waals surface area contributed by atoms with Gasteiger partial charge in [-0.05, 0) is 55.8 Å². The summed E-state index contributed by atoms with van der Waals surface area (Å²) in [6, 6.07) is 14.1. The molecule has 2 N–H and O–H groups in total. The maximum atomic E-state index is 14.9. The van der Waals surface area contributed by atoms with Crippen LogP contribution in [0.2, 0.25) is 0 Å². The highest BCUT2D eigenvalue weighted by Gasteiger charge is 2.34. The average molecular weight is 481 g/mol. The molecule has 0 aliphatic rings. The smallest absolute Gasteiger partial charge is 0.248 e. The number of nitrogens with zero attached hydrogens (tertiary/aromatic N) is 2. The number of halogens is 2. The maximum absolute atomic E-state index is 14.9. The minimum absolute atomic E-state index is 0.129. The molecule has 3 aromatic rings. The number of para-hydroxylation sites is 1. The molecule has 9 heteroatoms. The summed E-state index contributed by atoms with van der Waals surface area (Å²) in [5.74, 6) is -2.59. The number of carbonyl (C=O) groups is 3. The molecule has 2 aromatic carbocycles. The van der Waals surface area contributed by atoms with E-state index in [9.17, 15) is 23.2 Å². The molecule has 0 bridgehead atoms. The first-order valence-electron chi connectivity index (χ1n) is 11.1. The Balaban J connectivity index is 1.94. The highest BCUT2D eigenvalue weighted by atomic mass is 19.1. The van der Waals surface area contributed by atoms with E-state index in [4.69, 9.17) is 0 Å². The summed E-state index contributed by atoms with van der Waals surface area (Å²) in [6.07, 6.45) is 0.989. The Morgan fingerprint density at radius 2 is 1.60 bits per heavy atom. The summed E-state index contributed by atoms with van der Waals surface area (Å²) in [7, 11) is 0. The van der Waals surface area contributed by atoms with Crippen LogP contribution in [-0.4, -0.2) is 28.7 Å². The van der Waals surface area contributed by atoms with Crippen molar-refractivity contribution in [3.8, 4) is 0 Å². The zero-order chi connectivity index (χ0) is 25.4. The summed E-state index contributed by atoms with van der Waals surface area (Å²) in [4.78, 5) is 44.1. The van der Waals surface area contributed by atoms with Crippen LogP contribution in [0, 0.1) is 11.6 Å². The molecule has 0 spiro atoms. The number of rotatable bonds is 9. The van der Waals surface area contributed by atoms with Gasteiger partial charge in [0.15, 0.2) is 0 Å². The van der Waals surface area contributed by atoms with Gasteiger partial charge in [0.25, 0.3) is 0 Å². The lowest BCUT2D eigenvalue weighted by atomic mass is 10.0. The number of hydrogen-bond donors (Lipinski definition) is 2. The lowest BCUT2D eigenvalue weighted by Gasteiger charge is -2.32. The summed E-state index contributed by atoms with van der Waals surface area (Å²) in [5, 5.41) is 5.33. The molecule has 7 nitrogen and oxygen atoms in total. The lowest BCUT2D eigenvalue weighted by Crippen LogP contribution is -2.46. The molecule has 0 fully saturated rings. The fraction of sp³-hybridized carbons (Fsp3) is 0.231. The van der Waals surface area contributed by atoms with Crippen LogP contribution in [0.3, 0.4) is 0 Å². The summed E-state index contributed by atoms with van der Waals surface area (Å²) in [6.45, 7) is 3.49. The van der Waals surface area contributed by atoms with Gasteiger partial charge < -0.3 is 10.6 Å². The Morgan fingerprint density at radius 3 is 2.23 bits per heavy atom. The second kappa shape index (κ2) is 11.8. The van der Waals surface area contributed by atoms with Crippen LogP contribution in [0.25, 0.3) is 0 Å². The Labute approximate surface area is 202 Å². The standard InChI is InChI=1S/C26H26F2N4O3/c1-17(2)30-26(35)25(18-10-12-19(27)13-11-18)32(21-8-4-3-7-20(21)28)24(34)15-14-23(33)31-22-9-5-6-16-29-22/h3-13,16-17,25H,14-15H2,1-2H3,(H,30,35)(H,29,31,33). The van der Waals surface area contributed by atoms with Gasteiger partial charge in [0.2, 0.25) is 17.7 Å². The van der Waals surface area contributed by atoms with Crippen molar-refractivity contribution < 1.29 is 23.2 Å². The molecule has 0 aliphatic heterocycles. The first-order chi connectivity index (χ1) is 16.8. The molecular formula is C26H26F2N4O3. The molecular weight excluding hydrogens is 454 g/mol. The summed E-state index contributed by atoms with van der Waals surface area (Å²) < 4.78 is 28.5. The Hall–Kier alpha value is -4.14. The van der Waals surface area contributed by atoms with Crippen molar-refractivity contribution in [2.24, 2.45) is 0 Å². The summed E-state index contributed by atoms with van der Waals surface area (Å²) >= 11 is 0. The molecule has 0 radical (unpaired) electrons. The van der Waals surface area contributed by atoms with Crippen molar-refractivity contribution in [3.05, 3.63) is 90.1 Å². The van der Waals surface area contributed by atoms with Crippen LogP contribution >= 0.6 is 0 Å². The number of benzene rings is 2. The van der Waals surface area contributed by atoms with Crippen LogP contribution in [0.15, 0.2) is 72.9 Å². The van der Waals surface area contributed by atoms with Crippen molar-refractivity contribution in [3.63, 3.8) is 0 Å². The van der Waals surface area contributed by atoms with Crippen molar-refractivity contribution in [2.75, 3.05) is 10.2 Å². The Kier molecular flexibility index (Phi) is 8.61. The number of pyridine rings is 1. The number of carbonyl (C=O) groups excluding carboxylic acids is 3. The molecule has 1 aromatic heterocycles. The van der Waals surface area contributed by atoms with Gasteiger partial charge >= 0.3 is 0 Å². The van der Waals surface area contributed by atoms with E-state index < -0.39 is 35.4 Å². The van der Waals surface area contributed by atoms with E-state index in [2.05, 4.69) is 15.6 Å². The molecule has 0 aliphatic carbocycles. The lowest BCUT2D eigenvalue weighted by molar-refractivity contribution is -0.127. The largest absolute Gasteiger partial charge is 0.352 e.